The number of hydrogen-bond donors (Lipinski definition) is 2. The monoisotopic (exact) mass is 305 g/mol. The second kappa shape index (κ2) is 7.20. The van der Waals surface area contributed by atoms with E-state index in [-0.39, 0.29) is 37.7 Å². The molecular formula is C16H19NO5. The first-order valence-corrected chi connectivity index (χ1v) is 7.06. The Kier molecular flexibility index (Phi) is 5.30. The van der Waals surface area contributed by atoms with E-state index in [1.807, 2.05) is 18.2 Å². The Morgan fingerprint density at radius 3 is 2.55 bits per heavy atom. The summed E-state index contributed by atoms with van der Waals surface area (Å²) in [6.45, 7) is 1.85. The first-order valence-electron chi connectivity index (χ1n) is 7.06. The van der Waals surface area contributed by atoms with E-state index in [4.69, 9.17) is 9.84 Å². The van der Waals surface area contributed by atoms with Crippen LogP contribution < -0.4 is 0 Å². The quantitative estimate of drug-likeness (QED) is 0.733. The first kappa shape index (κ1) is 16.2. The Morgan fingerprint density at radius 2 is 1.95 bits per heavy atom. The lowest BCUT2D eigenvalue weighted by Crippen LogP contribution is -2.34. The van der Waals surface area contributed by atoms with Gasteiger partial charge in [-0.05, 0) is 12.5 Å². The average Bonchev–Trinajstić information content (AvgIpc) is 2.77. The van der Waals surface area contributed by atoms with Gasteiger partial charge in [0.15, 0.2) is 11.5 Å². The zero-order valence-electron chi connectivity index (χ0n) is 12.4. The molecule has 0 unspecified atom stereocenters. The number of hydrogen-bond acceptors (Lipinski definition) is 5. The maximum absolute atomic E-state index is 12.2. The summed E-state index contributed by atoms with van der Waals surface area (Å²) in [6, 6.07) is 8.47. The Bertz CT molecular complexity index is 581. The molecule has 2 rings (SSSR count). The highest BCUT2D eigenvalue weighted by atomic mass is 16.5. The molecule has 118 valence electrons. The molecule has 22 heavy (non-hydrogen) atoms. The average molecular weight is 305 g/mol. The maximum Gasteiger partial charge on any atom is 0.290 e. The lowest BCUT2D eigenvalue weighted by Gasteiger charge is -2.26. The Morgan fingerprint density at radius 1 is 1.27 bits per heavy atom. The van der Waals surface area contributed by atoms with Gasteiger partial charge in [-0.25, -0.2) is 0 Å². The molecule has 6 nitrogen and oxygen atoms in total. The van der Waals surface area contributed by atoms with Crippen molar-refractivity contribution >= 4 is 11.7 Å². The minimum Gasteiger partial charge on any atom is -0.503 e. The van der Waals surface area contributed by atoms with E-state index in [1.165, 1.54) is 11.8 Å². The van der Waals surface area contributed by atoms with Crippen molar-refractivity contribution in [1.82, 2.24) is 4.90 Å². The smallest absolute Gasteiger partial charge is 0.290 e. The Labute approximate surface area is 128 Å². The molecule has 1 amide bonds. The number of carbonyl (C=O) groups excluding carboxylic acids is 2. The second-order valence-electron chi connectivity index (χ2n) is 4.97. The van der Waals surface area contributed by atoms with Crippen LogP contribution in [-0.4, -0.2) is 53.2 Å². The number of carbonyl (C=O) groups is 2. The van der Waals surface area contributed by atoms with Gasteiger partial charge in [0, 0.05) is 6.54 Å². The van der Waals surface area contributed by atoms with Gasteiger partial charge >= 0.3 is 0 Å². The molecule has 0 aliphatic carbocycles. The zero-order valence-corrected chi connectivity index (χ0v) is 12.4. The fourth-order valence-electron chi connectivity index (χ4n) is 2.56. The Balaban J connectivity index is 2.28. The van der Waals surface area contributed by atoms with Gasteiger partial charge in [0.2, 0.25) is 0 Å². The molecule has 1 atom stereocenters. The van der Waals surface area contributed by atoms with Crippen LogP contribution in [0.5, 0.6) is 0 Å². The van der Waals surface area contributed by atoms with Crippen molar-refractivity contribution in [3.8, 4) is 0 Å². The van der Waals surface area contributed by atoms with Gasteiger partial charge in [-0.1, -0.05) is 30.3 Å². The van der Waals surface area contributed by atoms with E-state index in [1.54, 1.807) is 12.1 Å². The standard InChI is InChI=1S/C16H19NO5/c1-11(19)13-14(12-5-3-2-4-6-12)17(16(21)15(13)20)7-9-22-10-8-18/h2-6,14,18,20H,7-10H2,1H3/t14-/m1/s1. The number of benzene rings is 1. The summed E-state index contributed by atoms with van der Waals surface area (Å²) in [5.41, 5.74) is 0.866. The molecule has 0 saturated heterocycles. The van der Waals surface area contributed by atoms with Gasteiger partial charge in [0.25, 0.3) is 5.91 Å². The molecule has 1 aliphatic heterocycles. The zero-order chi connectivity index (χ0) is 16.1. The molecule has 0 radical (unpaired) electrons. The number of Topliss-reactive ketones (excluding diaryl/α,β-unsaturated/α-hetero) is 1. The minimum atomic E-state index is -0.607. The first-order chi connectivity index (χ1) is 10.6. The molecule has 1 aromatic rings. The van der Waals surface area contributed by atoms with Gasteiger partial charge in [-0.3, -0.25) is 9.59 Å². The number of nitrogens with zero attached hydrogens (tertiary/aromatic N) is 1. The van der Waals surface area contributed by atoms with Crippen LogP contribution in [0.15, 0.2) is 41.7 Å². The summed E-state index contributed by atoms with van der Waals surface area (Å²) in [7, 11) is 0. The van der Waals surface area contributed by atoms with E-state index in [0.29, 0.717) is 0 Å². The molecule has 2 N–H and O–H groups in total. The van der Waals surface area contributed by atoms with E-state index in [9.17, 15) is 14.7 Å². The summed E-state index contributed by atoms with van der Waals surface area (Å²) in [4.78, 5) is 25.5. The fraction of sp³-hybridized carbons (Fsp3) is 0.375. The number of ether oxygens (including phenoxy) is 1. The summed E-state index contributed by atoms with van der Waals surface area (Å²) >= 11 is 0. The van der Waals surface area contributed by atoms with E-state index < -0.39 is 17.7 Å². The number of ketones is 1. The molecule has 6 heteroatoms. The maximum atomic E-state index is 12.2. The van der Waals surface area contributed by atoms with Crippen molar-refractivity contribution in [3.63, 3.8) is 0 Å². The van der Waals surface area contributed by atoms with Gasteiger partial charge in [-0.15, -0.1) is 0 Å². The highest BCUT2D eigenvalue weighted by molar-refractivity contribution is 6.08. The molecule has 1 heterocycles. The third-order valence-electron chi connectivity index (χ3n) is 3.51. The van der Waals surface area contributed by atoms with Crippen LogP contribution >= 0.6 is 0 Å². The van der Waals surface area contributed by atoms with Crippen molar-refractivity contribution in [3.05, 3.63) is 47.2 Å². The second-order valence-corrected chi connectivity index (χ2v) is 4.97. The van der Waals surface area contributed by atoms with Crippen molar-refractivity contribution < 1.29 is 24.5 Å². The predicted molar refractivity (Wildman–Crippen MR) is 79.1 cm³/mol. The Hall–Kier alpha value is -2.18. The third-order valence-corrected chi connectivity index (χ3v) is 3.51. The molecular weight excluding hydrogens is 286 g/mol. The number of rotatable bonds is 7. The summed E-state index contributed by atoms with van der Waals surface area (Å²) in [5.74, 6) is -1.41. The number of aliphatic hydroxyl groups is 2. The molecule has 0 bridgehead atoms. The summed E-state index contributed by atoms with van der Waals surface area (Å²) in [5, 5.41) is 18.7. The number of aliphatic hydroxyl groups excluding tert-OH is 2. The predicted octanol–water partition coefficient (Wildman–Crippen LogP) is 0.980. The van der Waals surface area contributed by atoms with Gasteiger partial charge in [0.1, 0.15) is 0 Å². The highest BCUT2D eigenvalue weighted by Crippen LogP contribution is 2.37. The van der Waals surface area contributed by atoms with Crippen molar-refractivity contribution in [2.24, 2.45) is 0 Å². The van der Waals surface area contributed by atoms with Crippen LogP contribution in [0.25, 0.3) is 0 Å². The van der Waals surface area contributed by atoms with Gasteiger partial charge in [0.05, 0.1) is 31.4 Å². The van der Waals surface area contributed by atoms with Crippen molar-refractivity contribution in [2.75, 3.05) is 26.4 Å². The molecule has 0 saturated carbocycles. The van der Waals surface area contributed by atoms with Crippen LogP contribution in [0.4, 0.5) is 0 Å². The van der Waals surface area contributed by atoms with Crippen LogP contribution in [0.3, 0.4) is 0 Å². The highest BCUT2D eigenvalue weighted by Gasteiger charge is 2.41. The van der Waals surface area contributed by atoms with E-state index >= 15 is 0 Å². The lowest BCUT2D eigenvalue weighted by molar-refractivity contribution is -0.130. The largest absolute Gasteiger partial charge is 0.503 e. The van der Waals surface area contributed by atoms with Crippen LogP contribution in [-0.2, 0) is 14.3 Å². The molecule has 0 fully saturated rings. The van der Waals surface area contributed by atoms with Crippen LogP contribution in [0.1, 0.15) is 18.5 Å². The fourth-order valence-corrected chi connectivity index (χ4v) is 2.56. The molecule has 0 spiro atoms. The van der Waals surface area contributed by atoms with Crippen LogP contribution in [0, 0.1) is 0 Å². The van der Waals surface area contributed by atoms with Crippen molar-refractivity contribution in [1.29, 1.82) is 0 Å². The normalized spacial score (nSPS) is 18.2. The van der Waals surface area contributed by atoms with Crippen molar-refractivity contribution in [2.45, 2.75) is 13.0 Å². The van der Waals surface area contributed by atoms with Gasteiger partial charge in [-0.2, -0.15) is 0 Å². The molecule has 1 aromatic carbocycles. The SMILES string of the molecule is CC(=O)C1=C(O)C(=O)N(CCOCCO)[C@@H]1c1ccccc1. The van der Waals surface area contributed by atoms with Gasteiger partial charge < -0.3 is 19.8 Å². The number of amides is 1. The van der Waals surface area contributed by atoms with Crippen LogP contribution in [0.2, 0.25) is 0 Å². The third kappa shape index (κ3) is 3.18. The van der Waals surface area contributed by atoms with E-state index in [0.717, 1.165) is 5.56 Å². The summed E-state index contributed by atoms with van der Waals surface area (Å²) < 4.78 is 5.18. The summed E-state index contributed by atoms with van der Waals surface area (Å²) in [6.07, 6.45) is 0. The molecule has 1 aliphatic rings. The van der Waals surface area contributed by atoms with E-state index in [2.05, 4.69) is 0 Å². The topological polar surface area (TPSA) is 87.1 Å². The minimum absolute atomic E-state index is 0.0990. The lowest BCUT2D eigenvalue weighted by atomic mass is 9.97. The molecule has 0 aromatic heterocycles.